The maximum atomic E-state index is 9.18. The average Bonchev–Trinajstić information content (AvgIpc) is 2.62. The molecule has 2 N–H and O–H groups in total. The molecular formula is C9H7ClN2O. The highest BCUT2D eigenvalue weighted by atomic mass is 35.5. The predicted octanol–water partition coefficient (Wildman–Crippen LogP) is 2.44. The zero-order valence-electron chi connectivity index (χ0n) is 6.66. The number of imidazole rings is 1. The monoisotopic (exact) mass is 194 g/mol. The zero-order chi connectivity index (χ0) is 9.26. The molecule has 0 saturated carbocycles. The molecule has 0 fully saturated rings. The number of nitrogens with zero attached hydrogens (tertiary/aromatic N) is 1. The summed E-state index contributed by atoms with van der Waals surface area (Å²) in [5.74, 6) is 0.818. The first kappa shape index (κ1) is 8.13. The predicted molar refractivity (Wildman–Crippen MR) is 50.7 cm³/mol. The van der Waals surface area contributed by atoms with Crippen LogP contribution in [0.2, 0.25) is 5.02 Å². The third-order valence-electron chi connectivity index (χ3n) is 1.72. The lowest BCUT2D eigenvalue weighted by Crippen LogP contribution is -1.79. The van der Waals surface area contributed by atoms with Crippen molar-refractivity contribution >= 4 is 11.6 Å². The summed E-state index contributed by atoms with van der Waals surface area (Å²) in [6, 6.07) is 4.95. The first-order valence-electron chi connectivity index (χ1n) is 3.75. The van der Waals surface area contributed by atoms with Gasteiger partial charge in [0.05, 0.1) is 5.02 Å². The van der Waals surface area contributed by atoms with Crippen LogP contribution >= 0.6 is 11.6 Å². The van der Waals surface area contributed by atoms with Crippen LogP contribution in [-0.2, 0) is 0 Å². The van der Waals surface area contributed by atoms with Crippen LogP contribution in [0.25, 0.3) is 11.4 Å². The van der Waals surface area contributed by atoms with Gasteiger partial charge in [-0.1, -0.05) is 11.6 Å². The molecule has 0 bridgehead atoms. The lowest BCUT2D eigenvalue weighted by molar-refractivity contribution is 0.475. The molecule has 13 heavy (non-hydrogen) atoms. The molecule has 0 aliphatic rings. The van der Waals surface area contributed by atoms with Gasteiger partial charge in [0.15, 0.2) is 0 Å². The minimum absolute atomic E-state index is 0.0805. The van der Waals surface area contributed by atoms with Crippen LogP contribution in [0, 0.1) is 0 Å². The highest BCUT2D eigenvalue weighted by Gasteiger charge is 2.03. The molecule has 0 radical (unpaired) electrons. The summed E-state index contributed by atoms with van der Waals surface area (Å²) in [5, 5.41) is 9.51. The van der Waals surface area contributed by atoms with Gasteiger partial charge in [0.1, 0.15) is 11.6 Å². The Kier molecular flexibility index (Phi) is 1.94. The number of hydrogen-bond acceptors (Lipinski definition) is 2. The summed E-state index contributed by atoms with van der Waals surface area (Å²) in [5.41, 5.74) is 0.854. The molecule has 0 amide bonds. The van der Waals surface area contributed by atoms with Gasteiger partial charge in [-0.25, -0.2) is 4.98 Å². The quantitative estimate of drug-likeness (QED) is 0.733. The summed E-state index contributed by atoms with van der Waals surface area (Å²) < 4.78 is 0. The molecule has 0 aliphatic carbocycles. The number of phenolic OH excluding ortho intramolecular Hbond substituents is 1. The Balaban J connectivity index is 2.49. The highest BCUT2D eigenvalue weighted by Crippen LogP contribution is 2.27. The summed E-state index contributed by atoms with van der Waals surface area (Å²) in [4.78, 5) is 7.01. The van der Waals surface area contributed by atoms with E-state index >= 15 is 0 Å². The van der Waals surface area contributed by atoms with Gasteiger partial charge in [-0.2, -0.15) is 0 Å². The Morgan fingerprint density at radius 2 is 2.23 bits per heavy atom. The maximum Gasteiger partial charge on any atom is 0.137 e. The van der Waals surface area contributed by atoms with E-state index in [1.54, 1.807) is 30.6 Å². The number of hydrogen-bond donors (Lipinski definition) is 2. The molecule has 0 atom stereocenters. The summed E-state index contributed by atoms with van der Waals surface area (Å²) in [6.45, 7) is 0. The summed E-state index contributed by atoms with van der Waals surface area (Å²) in [7, 11) is 0. The van der Waals surface area contributed by atoms with Gasteiger partial charge >= 0.3 is 0 Å². The lowest BCUT2D eigenvalue weighted by atomic mass is 10.2. The van der Waals surface area contributed by atoms with Crippen LogP contribution in [0.1, 0.15) is 0 Å². The number of aromatic hydroxyl groups is 1. The Hall–Kier alpha value is -1.48. The molecule has 2 rings (SSSR count). The lowest BCUT2D eigenvalue weighted by Gasteiger charge is -1.99. The fourth-order valence-electron chi connectivity index (χ4n) is 1.08. The van der Waals surface area contributed by atoms with Gasteiger partial charge in [0.25, 0.3) is 0 Å². The van der Waals surface area contributed by atoms with Crippen molar-refractivity contribution in [2.45, 2.75) is 0 Å². The number of phenols is 1. The second kappa shape index (κ2) is 3.11. The Labute approximate surface area is 80.0 Å². The van der Waals surface area contributed by atoms with E-state index in [0.29, 0.717) is 5.02 Å². The van der Waals surface area contributed by atoms with Gasteiger partial charge in [0, 0.05) is 18.0 Å². The van der Waals surface area contributed by atoms with Crippen LogP contribution in [-0.4, -0.2) is 15.1 Å². The molecular weight excluding hydrogens is 188 g/mol. The van der Waals surface area contributed by atoms with E-state index in [1.807, 2.05) is 0 Å². The number of aromatic nitrogens is 2. The van der Waals surface area contributed by atoms with Crippen LogP contribution in [0.4, 0.5) is 0 Å². The smallest absolute Gasteiger partial charge is 0.137 e. The van der Waals surface area contributed by atoms with Gasteiger partial charge in [-0.15, -0.1) is 0 Å². The van der Waals surface area contributed by atoms with Crippen LogP contribution in [0.15, 0.2) is 30.6 Å². The number of rotatable bonds is 1. The SMILES string of the molecule is Oc1ccc(-c2ncc[nH]2)cc1Cl. The average molecular weight is 195 g/mol. The summed E-state index contributed by atoms with van der Waals surface area (Å²) >= 11 is 5.74. The van der Waals surface area contributed by atoms with Crippen molar-refractivity contribution in [1.82, 2.24) is 9.97 Å². The van der Waals surface area contributed by atoms with Crippen molar-refractivity contribution in [3.8, 4) is 17.1 Å². The Morgan fingerprint density at radius 1 is 1.38 bits per heavy atom. The first-order chi connectivity index (χ1) is 6.27. The van der Waals surface area contributed by atoms with E-state index in [0.717, 1.165) is 11.4 Å². The third-order valence-corrected chi connectivity index (χ3v) is 2.02. The first-order valence-corrected chi connectivity index (χ1v) is 4.13. The highest BCUT2D eigenvalue weighted by molar-refractivity contribution is 6.32. The fourth-order valence-corrected chi connectivity index (χ4v) is 1.26. The number of H-pyrrole nitrogens is 1. The van der Waals surface area contributed by atoms with Crippen molar-refractivity contribution in [2.75, 3.05) is 0 Å². The van der Waals surface area contributed by atoms with Gasteiger partial charge in [-0.05, 0) is 18.2 Å². The van der Waals surface area contributed by atoms with Crippen molar-refractivity contribution in [2.24, 2.45) is 0 Å². The molecule has 1 heterocycles. The van der Waals surface area contributed by atoms with E-state index in [-0.39, 0.29) is 5.75 Å². The molecule has 1 aromatic carbocycles. The number of aromatic amines is 1. The molecule has 4 heteroatoms. The minimum Gasteiger partial charge on any atom is -0.506 e. The van der Waals surface area contributed by atoms with Gasteiger partial charge in [0.2, 0.25) is 0 Å². The molecule has 0 saturated heterocycles. The largest absolute Gasteiger partial charge is 0.506 e. The molecule has 0 aliphatic heterocycles. The standard InChI is InChI=1S/C9H7ClN2O/c10-7-5-6(1-2-8(7)13)9-11-3-4-12-9/h1-5,13H,(H,11,12). The van der Waals surface area contributed by atoms with E-state index in [4.69, 9.17) is 11.6 Å². The zero-order valence-corrected chi connectivity index (χ0v) is 7.42. The minimum atomic E-state index is 0.0805. The molecule has 1 aromatic heterocycles. The molecule has 0 unspecified atom stereocenters. The second-order valence-electron chi connectivity index (χ2n) is 2.60. The topological polar surface area (TPSA) is 48.9 Å². The number of nitrogens with one attached hydrogen (secondary N) is 1. The van der Waals surface area contributed by atoms with Crippen molar-refractivity contribution in [3.63, 3.8) is 0 Å². The Bertz CT molecular complexity index is 412. The Morgan fingerprint density at radius 3 is 2.85 bits per heavy atom. The van der Waals surface area contributed by atoms with Gasteiger partial charge in [-0.3, -0.25) is 0 Å². The molecule has 0 spiro atoms. The molecule has 66 valence electrons. The second-order valence-corrected chi connectivity index (χ2v) is 3.01. The van der Waals surface area contributed by atoms with Crippen molar-refractivity contribution in [3.05, 3.63) is 35.6 Å². The fraction of sp³-hybridized carbons (Fsp3) is 0. The van der Waals surface area contributed by atoms with E-state index in [1.165, 1.54) is 0 Å². The van der Waals surface area contributed by atoms with Gasteiger partial charge < -0.3 is 10.1 Å². The van der Waals surface area contributed by atoms with Crippen LogP contribution in [0.5, 0.6) is 5.75 Å². The number of benzene rings is 1. The molecule has 3 nitrogen and oxygen atoms in total. The van der Waals surface area contributed by atoms with Crippen molar-refractivity contribution < 1.29 is 5.11 Å². The third kappa shape index (κ3) is 1.51. The number of halogens is 1. The molecule has 2 aromatic rings. The van der Waals surface area contributed by atoms with Crippen LogP contribution in [0.3, 0.4) is 0 Å². The van der Waals surface area contributed by atoms with E-state index in [2.05, 4.69) is 9.97 Å². The van der Waals surface area contributed by atoms with E-state index in [9.17, 15) is 5.11 Å². The van der Waals surface area contributed by atoms with Crippen molar-refractivity contribution in [1.29, 1.82) is 0 Å². The van der Waals surface area contributed by atoms with E-state index < -0.39 is 0 Å². The maximum absolute atomic E-state index is 9.18. The normalized spacial score (nSPS) is 10.2. The van der Waals surface area contributed by atoms with Crippen LogP contribution < -0.4 is 0 Å². The summed E-state index contributed by atoms with van der Waals surface area (Å²) in [6.07, 6.45) is 3.40.